The second kappa shape index (κ2) is 5.73. The van der Waals surface area contributed by atoms with E-state index in [1.54, 1.807) is 14.2 Å². The van der Waals surface area contributed by atoms with Crippen molar-refractivity contribution < 1.29 is 14.3 Å². The predicted molar refractivity (Wildman–Crippen MR) is 82.0 cm³/mol. The Bertz CT molecular complexity index is 665. The molecular formula is C15H16N2O3S. The molecule has 1 fully saturated rings. The van der Waals surface area contributed by atoms with Gasteiger partial charge in [0.2, 0.25) is 5.91 Å². The van der Waals surface area contributed by atoms with Crippen molar-refractivity contribution in [3.8, 4) is 22.8 Å². The van der Waals surface area contributed by atoms with Crippen LogP contribution in [0.3, 0.4) is 0 Å². The second-order valence-corrected chi connectivity index (χ2v) is 5.73. The summed E-state index contributed by atoms with van der Waals surface area (Å²) < 4.78 is 10.6. The average Bonchev–Trinajstić information content (AvgIpc) is 3.27. The SMILES string of the molecule is COc1ccc(-c2csc(NC(=O)C3CC3)n2)c(OC)c1. The molecule has 110 valence electrons. The van der Waals surface area contributed by atoms with Gasteiger partial charge in [0.05, 0.1) is 19.9 Å². The first kappa shape index (κ1) is 13.9. The summed E-state index contributed by atoms with van der Waals surface area (Å²) in [7, 11) is 3.23. The van der Waals surface area contributed by atoms with Crippen LogP contribution in [0.4, 0.5) is 5.13 Å². The molecule has 1 aromatic heterocycles. The van der Waals surface area contributed by atoms with Crippen molar-refractivity contribution in [2.45, 2.75) is 12.8 Å². The molecule has 6 heteroatoms. The lowest BCUT2D eigenvalue weighted by Gasteiger charge is -2.08. The molecule has 0 bridgehead atoms. The average molecular weight is 304 g/mol. The first-order valence-corrected chi connectivity index (χ1v) is 7.58. The monoisotopic (exact) mass is 304 g/mol. The normalized spacial score (nSPS) is 13.8. The van der Waals surface area contributed by atoms with E-state index in [4.69, 9.17) is 9.47 Å². The number of amides is 1. The van der Waals surface area contributed by atoms with Crippen LogP contribution in [-0.4, -0.2) is 25.1 Å². The molecule has 2 aromatic rings. The molecule has 0 spiro atoms. The lowest BCUT2D eigenvalue weighted by molar-refractivity contribution is -0.117. The fourth-order valence-electron chi connectivity index (χ4n) is 2.02. The van der Waals surface area contributed by atoms with Gasteiger partial charge in [-0.05, 0) is 25.0 Å². The van der Waals surface area contributed by atoms with E-state index in [1.807, 2.05) is 23.6 Å². The Kier molecular flexibility index (Phi) is 3.79. The predicted octanol–water partition coefficient (Wildman–Crippen LogP) is 3.18. The van der Waals surface area contributed by atoms with Gasteiger partial charge in [-0.25, -0.2) is 4.98 Å². The molecule has 1 aliphatic carbocycles. The van der Waals surface area contributed by atoms with E-state index in [0.29, 0.717) is 10.9 Å². The zero-order chi connectivity index (χ0) is 14.8. The molecule has 1 N–H and O–H groups in total. The van der Waals surface area contributed by atoms with Gasteiger partial charge >= 0.3 is 0 Å². The van der Waals surface area contributed by atoms with E-state index in [0.717, 1.165) is 29.8 Å². The molecule has 0 radical (unpaired) electrons. The van der Waals surface area contributed by atoms with Crippen molar-refractivity contribution in [1.82, 2.24) is 4.98 Å². The molecule has 1 heterocycles. The third-order valence-electron chi connectivity index (χ3n) is 3.37. The van der Waals surface area contributed by atoms with Gasteiger partial charge in [-0.15, -0.1) is 11.3 Å². The van der Waals surface area contributed by atoms with Crippen molar-refractivity contribution >= 4 is 22.4 Å². The Morgan fingerprint density at radius 1 is 1.33 bits per heavy atom. The standard InChI is InChI=1S/C15H16N2O3S/c1-19-10-5-6-11(13(7-10)20-2)12-8-21-15(16-12)17-14(18)9-3-4-9/h5-9H,3-4H2,1-2H3,(H,16,17,18). The minimum atomic E-state index is 0.0672. The molecule has 0 aliphatic heterocycles. The molecular weight excluding hydrogens is 288 g/mol. The maximum Gasteiger partial charge on any atom is 0.229 e. The third-order valence-corrected chi connectivity index (χ3v) is 4.12. The van der Waals surface area contributed by atoms with Gasteiger partial charge in [0, 0.05) is 22.9 Å². The molecule has 1 amide bonds. The van der Waals surface area contributed by atoms with Gasteiger partial charge in [-0.2, -0.15) is 0 Å². The Balaban J connectivity index is 1.83. The molecule has 0 saturated heterocycles. The van der Waals surface area contributed by atoms with Crippen molar-refractivity contribution in [1.29, 1.82) is 0 Å². The van der Waals surface area contributed by atoms with E-state index in [2.05, 4.69) is 10.3 Å². The number of methoxy groups -OCH3 is 2. The number of aromatic nitrogens is 1. The van der Waals surface area contributed by atoms with Crippen LogP contribution in [0.15, 0.2) is 23.6 Å². The topological polar surface area (TPSA) is 60.5 Å². The zero-order valence-electron chi connectivity index (χ0n) is 11.9. The number of benzene rings is 1. The highest BCUT2D eigenvalue weighted by molar-refractivity contribution is 7.14. The van der Waals surface area contributed by atoms with Crippen LogP contribution in [0, 0.1) is 5.92 Å². The van der Waals surface area contributed by atoms with Crippen LogP contribution in [-0.2, 0) is 4.79 Å². The van der Waals surface area contributed by atoms with Crippen molar-refractivity contribution in [2.75, 3.05) is 19.5 Å². The molecule has 1 aromatic carbocycles. The van der Waals surface area contributed by atoms with Gasteiger partial charge < -0.3 is 14.8 Å². The molecule has 1 aliphatic rings. The number of nitrogens with one attached hydrogen (secondary N) is 1. The van der Waals surface area contributed by atoms with Gasteiger partial charge in [-0.1, -0.05) is 0 Å². The summed E-state index contributed by atoms with van der Waals surface area (Å²) >= 11 is 1.42. The number of carbonyl (C=O) groups is 1. The van der Waals surface area contributed by atoms with E-state index >= 15 is 0 Å². The molecule has 0 atom stereocenters. The quantitative estimate of drug-likeness (QED) is 0.921. The van der Waals surface area contributed by atoms with Crippen molar-refractivity contribution in [3.63, 3.8) is 0 Å². The molecule has 21 heavy (non-hydrogen) atoms. The highest BCUT2D eigenvalue weighted by Gasteiger charge is 2.30. The Morgan fingerprint density at radius 3 is 2.81 bits per heavy atom. The summed E-state index contributed by atoms with van der Waals surface area (Å²) in [5.74, 6) is 1.67. The summed E-state index contributed by atoms with van der Waals surface area (Å²) in [5.41, 5.74) is 1.66. The highest BCUT2D eigenvalue weighted by atomic mass is 32.1. The van der Waals surface area contributed by atoms with Crippen molar-refractivity contribution in [3.05, 3.63) is 23.6 Å². The summed E-state index contributed by atoms with van der Waals surface area (Å²) in [4.78, 5) is 16.2. The fraction of sp³-hybridized carbons (Fsp3) is 0.333. The number of hydrogen-bond donors (Lipinski definition) is 1. The largest absolute Gasteiger partial charge is 0.497 e. The summed E-state index contributed by atoms with van der Waals surface area (Å²) in [5, 5.41) is 5.39. The smallest absolute Gasteiger partial charge is 0.229 e. The van der Waals surface area contributed by atoms with E-state index in [1.165, 1.54) is 11.3 Å². The second-order valence-electron chi connectivity index (χ2n) is 4.87. The lowest BCUT2D eigenvalue weighted by Crippen LogP contribution is -2.12. The number of thiazole rings is 1. The van der Waals surface area contributed by atoms with E-state index in [9.17, 15) is 4.79 Å². The van der Waals surface area contributed by atoms with Crippen LogP contribution < -0.4 is 14.8 Å². The van der Waals surface area contributed by atoms with Crippen LogP contribution in [0.5, 0.6) is 11.5 Å². The Morgan fingerprint density at radius 2 is 2.14 bits per heavy atom. The van der Waals surface area contributed by atoms with Crippen LogP contribution in [0.2, 0.25) is 0 Å². The van der Waals surface area contributed by atoms with Gasteiger partial charge in [0.15, 0.2) is 5.13 Å². The lowest BCUT2D eigenvalue weighted by atomic mass is 10.1. The molecule has 3 rings (SSSR count). The first-order valence-electron chi connectivity index (χ1n) is 6.70. The maximum atomic E-state index is 11.7. The number of carbonyl (C=O) groups excluding carboxylic acids is 1. The van der Waals surface area contributed by atoms with Crippen LogP contribution >= 0.6 is 11.3 Å². The summed E-state index contributed by atoms with van der Waals surface area (Å²) in [6.45, 7) is 0. The minimum Gasteiger partial charge on any atom is -0.497 e. The Hall–Kier alpha value is -2.08. The van der Waals surface area contributed by atoms with Gasteiger partial charge in [0.25, 0.3) is 0 Å². The van der Waals surface area contributed by atoms with Gasteiger partial charge in [0.1, 0.15) is 11.5 Å². The first-order chi connectivity index (χ1) is 10.2. The number of rotatable bonds is 5. The number of nitrogens with zero attached hydrogens (tertiary/aromatic N) is 1. The van der Waals surface area contributed by atoms with Crippen LogP contribution in [0.25, 0.3) is 11.3 Å². The summed E-state index contributed by atoms with van der Waals surface area (Å²) in [6, 6.07) is 5.58. The molecule has 0 unspecified atom stereocenters. The third kappa shape index (κ3) is 3.00. The van der Waals surface area contributed by atoms with E-state index in [-0.39, 0.29) is 11.8 Å². The summed E-state index contributed by atoms with van der Waals surface area (Å²) in [6.07, 6.45) is 1.97. The van der Waals surface area contributed by atoms with Crippen molar-refractivity contribution in [2.24, 2.45) is 5.92 Å². The number of hydrogen-bond acceptors (Lipinski definition) is 5. The molecule has 1 saturated carbocycles. The van der Waals surface area contributed by atoms with Gasteiger partial charge in [-0.3, -0.25) is 4.79 Å². The number of anilines is 1. The van der Waals surface area contributed by atoms with Crippen LogP contribution in [0.1, 0.15) is 12.8 Å². The maximum absolute atomic E-state index is 11.7. The fourth-order valence-corrected chi connectivity index (χ4v) is 2.73. The number of ether oxygens (including phenoxy) is 2. The highest BCUT2D eigenvalue weighted by Crippen LogP contribution is 2.35. The zero-order valence-corrected chi connectivity index (χ0v) is 12.7. The minimum absolute atomic E-state index is 0.0672. The van der Waals surface area contributed by atoms with E-state index < -0.39 is 0 Å². The molecule has 5 nitrogen and oxygen atoms in total. The Labute approximate surface area is 126 Å².